The minimum atomic E-state index is -0.960. The molecule has 1 aromatic heterocycles. The topological polar surface area (TPSA) is 63.1 Å². The lowest BCUT2D eigenvalue weighted by Gasteiger charge is -2.09. The molecule has 0 amide bonds. The van der Waals surface area contributed by atoms with Crippen LogP contribution in [0.1, 0.15) is 48.6 Å². The van der Waals surface area contributed by atoms with Gasteiger partial charge in [0.2, 0.25) is 0 Å². The van der Waals surface area contributed by atoms with Crippen LogP contribution in [0.2, 0.25) is 0 Å². The number of rotatable bonds is 5. The molecule has 0 aliphatic heterocycles. The molecule has 5 heteroatoms. The molecular formula is C11H16N2O2S. The molecule has 0 aromatic carbocycles. The highest BCUT2D eigenvalue weighted by Gasteiger charge is 2.15. The minimum Gasteiger partial charge on any atom is -0.478 e. The maximum absolute atomic E-state index is 11.0. The zero-order valence-electron chi connectivity index (χ0n) is 9.73. The Bertz CT molecular complexity index is 380. The summed E-state index contributed by atoms with van der Waals surface area (Å²) in [5.74, 6) is 1.58. The van der Waals surface area contributed by atoms with E-state index >= 15 is 0 Å². The van der Waals surface area contributed by atoms with Gasteiger partial charge in [0, 0.05) is 6.20 Å². The maximum Gasteiger partial charge on any atom is 0.339 e. The van der Waals surface area contributed by atoms with Gasteiger partial charge in [-0.2, -0.15) is 11.8 Å². The molecule has 0 aliphatic carbocycles. The summed E-state index contributed by atoms with van der Waals surface area (Å²) in [6, 6.07) is 0. The summed E-state index contributed by atoms with van der Waals surface area (Å²) < 4.78 is 0. The van der Waals surface area contributed by atoms with Gasteiger partial charge in [0.05, 0.1) is 17.0 Å². The summed E-state index contributed by atoms with van der Waals surface area (Å²) in [5.41, 5.74) is 0.828. The van der Waals surface area contributed by atoms with Gasteiger partial charge in [-0.1, -0.05) is 20.8 Å². The van der Waals surface area contributed by atoms with Crippen LogP contribution < -0.4 is 0 Å². The van der Waals surface area contributed by atoms with Gasteiger partial charge in [0.1, 0.15) is 5.82 Å². The Hall–Kier alpha value is -1.10. The Morgan fingerprint density at radius 3 is 2.75 bits per heavy atom. The summed E-state index contributed by atoms with van der Waals surface area (Å²) in [4.78, 5) is 19.4. The van der Waals surface area contributed by atoms with Crippen molar-refractivity contribution < 1.29 is 9.90 Å². The van der Waals surface area contributed by atoms with E-state index in [1.165, 1.54) is 6.20 Å². The summed E-state index contributed by atoms with van der Waals surface area (Å²) in [6.45, 7) is 5.94. The largest absolute Gasteiger partial charge is 0.478 e. The Kier molecular flexibility index (Phi) is 4.73. The van der Waals surface area contributed by atoms with E-state index in [9.17, 15) is 4.79 Å². The third kappa shape index (κ3) is 3.20. The van der Waals surface area contributed by atoms with Crippen molar-refractivity contribution in [3.63, 3.8) is 0 Å². The third-order valence-corrected chi connectivity index (χ3v) is 2.95. The molecule has 1 aromatic rings. The fourth-order valence-corrected chi connectivity index (χ4v) is 1.83. The molecule has 16 heavy (non-hydrogen) atoms. The van der Waals surface area contributed by atoms with Crippen molar-refractivity contribution in [3.05, 3.63) is 23.3 Å². The van der Waals surface area contributed by atoms with E-state index in [2.05, 4.69) is 16.9 Å². The molecule has 0 fully saturated rings. The van der Waals surface area contributed by atoms with E-state index in [1.807, 2.05) is 13.8 Å². The second-order valence-electron chi connectivity index (χ2n) is 3.68. The minimum absolute atomic E-state index is 0.0967. The number of nitrogens with zero attached hydrogens (tertiary/aromatic N) is 2. The van der Waals surface area contributed by atoms with Crippen LogP contribution in [0.3, 0.4) is 0 Å². The van der Waals surface area contributed by atoms with E-state index < -0.39 is 5.97 Å². The number of carboxylic acids is 1. The molecule has 4 nitrogen and oxygen atoms in total. The van der Waals surface area contributed by atoms with Crippen molar-refractivity contribution in [1.29, 1.82) is 0 Å². The quantitative estimate of drug-likeness (QED) is 0.857. The van der Waals surface area contributed by atoms with Crippen molar-refractivity contribution in [2.24, 2.45) is 0 Å². The predicted octanol–water partition coefficient (Wildman–Crippen LogP) is 2.55. The Labute approximate surface area is 99.5 Å². The number of carbonyl (C=O) groups is 1. The average Bonchev–Trinajstić information content (AvgIpc) is 2.25. The highest BCUT2D eigenvalue weighted by molar-refractivity contribution is 7.98. The van der Waals surface area contributed by atoms with E-state index in [1.54, 1.807) is 11.8 Å². The maximum atomic E-state index is 11.0. The van der Waals surface area contributed by atoms with Gasteiger partial charge in [-0.3, -0.25) is 0 Å². The van der Waals surface area contributed by atoms with Crippen LogP contribution >= 0.6 is 11.8 Å². The van der Waals surface area contributed by atoms with Crippen LogP contribution in [0.15, 0.2) is 6.20 Å². The number of thioether (sulfide) groups is 1. The van der Waals surface area contributed by atoms with Crippen LogP contribution in [0.25, 0.3) is 0 Å². The molecule has 1 N–H and O–H groups in total. The van der Waals surface area contributed by atoms with E-state index in [0.717, 1.165) is 11.5 Å². The van der Waals surface area contributed by atoms with E-state index in [4.69, 9.17) is 5.11 Å². The molecule has 0 atom stereocenters. The zero-order valence-corrected chi connectivity index (χ0v) is 10.5. The zero-order chi connectivity index (χ0) is 12.1. The Morgan fingerprint density at radius 2 is 2.25 bits per heavy atom. The molecule has 0 saturated carbocycles. The Morgan fingerprint density at radius 1 is 1.56 bits per heavy atom. The second-order valence-corrected chi connectivity index (χ2v) is 4.96. The molecule has 1 rings (SSSR count). The van der Waals surface area contributed by atoms with Crippen LogP contribution in [-0.4, -0.2) is 26.8 Å². The van der Waals surface area contributed by atoms with Crippen LogP contribution in [-0.2, 0) is 5.75 Å². The second kappa shape index (κ2) is 5.84. The summed E-state index contributed by atoms with van der Waals surface area (Å²) >= 11 is 1.72. The number of hydrogen-bond donors (Lipinski definition) is 1. The van der Waals surface area contributed by atoms with Gasteiger partial charge >= 0.3 is 5.97 Å². The number of hydrogen-bond acceptors (Lipinski definition) is 4. The number of aromatic nitrogens is 2. The number of carboxylic acid groups (broad SMARTS) is 1. The highest BCUT2D eigenvalue weighted by atomic mass is 32.2. The monoisotopic (exact) mass is 240 g/mol. The molecule has 0 bridgehead atoms. The van der Waals surface area contributed by atoms with Crippen LogP contribution in [0.4, 0.5) is 0 Å². The summed E-state index contributed by atoms with van der Waals surface area (Å²) in [6.07, 6.45) is 1.41. The summed E-state index contributed by atoms with van der Waals surface area (Å²) in [7, 11) is 0. The van der Waals surface area contributed by atoms with Gasteiger partial charge in [0.15, 0.2) is 0 Å². The van der Waals surface area contributed by atoms with E-state index in [-0.39, 0.29) is 11.5 Å². The Balaban J connectivity index is 3.02. The molecule has 0 aliphatic rings. The molecule has 1 heterocycles. The van der Waals surface area contributed by atoms with Gasteiger partial charge in [-0.15, -0.1) is 0 Å². The van der Waals surface area contributed by atoms with Gasteiger partial charge in [0.25, 0.3) is 0 Å². The average molecular weight is 240 g/mol. The smallest absolute Gasteiger partial charge is 0.339 e. The predicted molar refractivity (Wildman–Crippen MR) is 64.9 cm³/mol. The third-order valence-electron chi connectivity index (χ3n) is 2.08. The van der Waals surface area contributed by atoms with Gasteiger partial charge < -0.3 is 5.11 Å². The fourth-order valence-electron chi connectivity index (χ4n) is 1.30. The van der Waals surface area contributed by atoms with Gasteiger partial charge in [-0.05, 0) is 11.7 Å². The first kappa shape index (κ1) is 13.0. The molecule has 0 spiro atoms. The van der Waals surface area contributed by atoms with E-state index in [0.29, 0.717) is 11.5 Å². The van der Waals surface area contributed by atoms with Crippen molar-refractivity contribution in [1.82, 2.24) is 9.97 Å². The van der Waals surface area contributed by atoms with Crippen molar-refractivity contribution in [2.45, 2.75) is 32.4 Å². The first-order valence-electron chi connectivity index (χ1n) is 5.23. The lowest BCUT2D eigenvalue weighted by Crippen LogP contribution is -2.10. The molecule has 0 saturated heterocycles. The molecule has 0 unspecified atom stereocenters. The highest BCUT2D eigenvalue weighted by Crippen LogP contribution is 2.18. The normalized spacial score (nSPS) is 10.8. The van der Waals surface area contributed by atoms with Gasteiger partial charge in [-0.25, -0.2) is 14.8 Å². The first-order valence-corrected chi connectivity index (χ1v) is 6.38. The van der Waals surface area contributed by atoms with Crippen LogP contribution in [0.5, 0.6) is 0 Å². The van der Waals surface area contributed by atoms with Crippen LogP contribution in [0, 0.1) is 0 Å². The SMILES string of the molecule is CCSCc1ncc(C(=O)O)c(C(C)C)n1. The van der Waals surface area contributed by atoms with Crippen molar-refractivity contribution >= 4 is 17.7 Å². The lowest BCUT2D eigenvalue weighted by molar-refractivity contribution is 0.0694. The standard InChI is InChI=1S/C11H16N2O2S/c1-4-16-6-9-12-5-8(11(14)15)10(13-9)7(2)3/h5,7H,4,6H2,1-3H3,(H,14,15). The van der Waals surface area contributed by atoms with Crippen molar-refractivity contribution in [3.8, 4) is 0 Å². The fraction of sp³-hybridized carbons (Fsp3) is 0.545. The lowest BCUT2D eigenvalue weighted by atomic mass is 10.1. The first-order chi connectivity index (χ1) is 7.56. The number of aromatic carboxylic acids is 1. The summed E-state index contributed by atoms with van der Waals surface area (Å²) in [5, 5.41) is 9.00. The molecule has 88 valence electrons. The molecular weight excluding hydrogens is 224 g/mol. The molecule has 0 radical (unpaired) electrons. The van der Waals surface area contributed by atoms with Crippen molar-refractivity contribution in [2.75, 3.05) is 5.75 Å².